The SMILES string of the molecule is NC(c1cc(Br)cc(Br)c1)c1ccccc1F. The maximum absolute atomic E-state index is 13.6. The molecular formula is C13H10Br2FN. The number of hydrogen-bond donors (Lipinski definition) is 1. The van der Waals surface area contributed by atoms with Crippen LogP contribution in [0.15, 0.2) is 51.4 Å². The predicted octanol–water partition coefficient (Wildman–Crippen LogP) is 4.40. The third-order valence-corrected chi connectivity index (χ3v) is 3.40. The molecule has 1 unspecified atom stereocenters. The van der Waals surface area contributed by atoms with Gasteiger partial charge in [0.2, 0.25) is 0 Å². The molecule has 4 heteroatoms. The van der Waals surface area contributed by atoms with Crippen LogP contribution in [0.2, 0.25) is 0 Å². The maximum atomic E-state index is 13.6. The lowest BCUT2D eigenvalue weighted by atomic mass is 9.99. The van der Waals surface area contributed by atoms with Crippen LogP contribution >= 0.6 is 31.9 Å². The van der Waals surface area contributed by atoms with Crippen molar-refractivity contribution in [2.24, 2.45) is 5.73 Å². The van der Waals surface area contributed by atoms with Gasteiger partial charge in [-0.3, -0.25) is 0 Å². The summed E-state index contributed by atoms with van der Waals surface area (Å²) in [7, 11) is 0. The summed E-state index contributed by atoms with van der Waals surface area (Å²) in [5.41, 5.74) is 7.43. The van der Waals surface area contributed by atoms with Crippen molar-refractivity contribution >= 4 is 31.9 Å². The summed E-state index contributed by atoms with van der Waals surface area (Å²) in [4.78, 5) is 0. The predicted molar refractivity (Wildman–Crippen MR) is 74.3 cm³/mol. The van der Waals surface area contributed by atoms with Gasteiger partial charge in [0.1, 0.15) is 5.82 Å². The molecular weight excluding hydrogens is 349 g/mol. The molecule has 2 N–H and O–H groups in total. The number of rotatable bonds is 2. The van der Waals surface area contributed by atoms with E-state index < -0.39 is 6.04 Å². The van der Waals surface area contributed by atoms with E-state index in [1.54, 1.807) is 18.2 Å². The minimum Gasteiger partial charge on any atom is -0.320 e. The van der Waals surface area contributed by atoms with Crippen LogP contribution in [0.5, 0.6) is 0 Å². The molecule has 0 aliphatic carbocycles. The first-order valence-corrected chi connectivity index (χ1v) is 6.62. The van der Waals surface area contributed by atoms with Gasteiger partial charge in [0.25, 0.3) is 0 Å². The zero-order chi connectivity index (χ0) is 12.4. The first kappa shape index (κ1) is 12.7. The highest BCUT2D eigenvalue weighted by molar-refractivity contribution is 9.11. The molecule has 0 aliphatic heterocycles. The summed E-state index contributed by atoms with van der Waals surface area (Å²) in [6, 6.07) is 11.8. The maximum Gasteiger partial charge on any atom is 0.128 e. The van der Waals surface area contributed by atoms with E-state index in [-0.39, 0.29) is 5.82 Å². The first-order chi connectivity index (χ1) is 8.08. The van der Waals surface area contributed by atoms with E-state index in [9.17, 15) is 4.39 Å². The van der Waals surface area contributed by atoms with Crippen molar-refractivity contribution < 1.29 is 4.39 Å². The van der Waals surface area contributed by atoms with Crippen molar-refractivity contribution in [2.45, 2.75) is 6.04 Å². The van der Waals surface area contributed by atoms with E-state index >= 15 is 0 Å². The number of benzene rings is 2. The van der Waals surface area contributed by atoms with E-state index in [1.807, 2.05) is 18.2 Å². The van der Waals surface area contributed by atoms with Gasteiger partial charge in [-0.2, -0.15) is 0 Å². The molecule has 0 bridgehead atoms. The molecule has 2 aromatic carbocycles. The van der Waals surface area contributed by atoms with Crippen LogP contribution < -0.4 is 5.73 Å². The fourth-order valence-corrected chi connectivity index (χ4v) is 2.99. The quantitative estimate of drug-likeness (QED) is 0.845. The van der Waals surface area contributed by atoms with Gasteiger partial charge < -0.3 is 5.73 Å². The van der Waals surface area contributed by atoms with Crippen LogP contribution in [-0.2, 0) is 0 Å². The Morgan fingerprint density at radius 3 is 2.18 bits per heavy atom. The zero-order valence-electron chi connectivity index (χ0n) is 8.83. The number of nitrogens with two attached hydrogens (primary N) is 1. The topological polar surface area (TPSA) is 26.0 Å². The van der Waals surface area contributed by atoms with Crippen LogP contribution in [0.3, 0.4) is 0 Å². The summed E-state index contributed by atoms with van der Waals surface area (Å²) in [5.74, 6) is -0.281. The van der Waals surface area contributed by atoms with Crippen LogP contribution in [0.25, 0.3) is 0 Å². The Kier molecular flexibility index (Phi) is 3.97. The lowest BCUT2D eigenvalue weighted by Gasteiger charge is -2.14. The summed E-state index contributed by atoms with van der Waals surface area (Å²) in [6.07, 6.45) is 0. The van der Waals surface area contributed by atoms with Gasteiger partial charge in [-0.15, -0.1) is 0 Å². The minimum absolute atomic E-state index is 0.281. The number of halogens is 3. The first-order valence-electron chi connectivity index (χ1n) is 5.04. The fraction of sp³-hybridized carbons (Fsp3) is 0.0769. The van der Waals surface area contributed by atoms with Crippen molar-refractivity contribution in [1.82, 2.24) is 0 Å². The second-order valence-corrected chi connectivity index (χ2v) is 5.53. The summed E-state index contributed by atoms with van der Waals surface area (Å²) < 4.78 is 15.4. The monoisotopic (exact) mass is 357 g/mol. The molecule has 1 atom stereocenters. The zero-order valence-corrected chi connectivity index (χ0v) is 12.0. The summed E-state index contributed by atoms with van der Waals surface area (Å²) >= 11 is 6.79. The molecule has 0 spiro atoms. The van der Waals surface area contributed by atoms with Crippen molar-refractivity contribution in [3.63, 3.8) is 0 Å². The molecule has 2 aromatic rings. The second-order valence-electron chi connectivity index (χ2n) is 3.70. The average Bonchev–Trinajstić information content (AvgIpc) is 2.27. The number of hydrogen-bond acceptors (Lipinski definition) is 1. The third kappa shape index (κ3) is 2.94. The minimum atomic E-state index is -0.468. The molecule has 0 aromatic heterocycles. The van der Waals surface area contributed by atoms with Crippen molar-refractivity contribution in [2.75, 3.05) is 0 Å². The molecule has 0 radical (unpaired) electrons. The van der Waals surface area contributed by atoms with E-state index in [1.165, 1.54) is 6.07 Å². The summed E-state index contributed by atoms with van der Waals surface area (Å²) in [6.45, 7) is 0. The van der Waals surface area contributed by atoms with E-state index in [0.29, 0.717) is 5.56 Å². The average molecular weight is 359 g/mol. The third-order valence-electron chi connectivity index (χ3n) is 2.48. The van der Waals surface area contributed by atoms with E-state index in [4.69, 9.17) is 5.73 Å². The van der Waals surface area contributed by atoms with E-state index in [0.717, 1.165) is 14.5 Å². The smallest absolute Gasteiger partial charge is 0.128 e. The standard InChI is InChI=1S/C13H10Br2FN/c14-9-5-8(6-10(15)7-9)13(17)11-3-1-2-4-12(11)16/h1-7,13H,17H2. The summed E-state index contributed by atoms with van der Waals surface area (Å²) in [5, 5.41) is 0. The van der Waals surface area contributed by atoms with Crippen LogP contribution in [0.4, 0.5) is 4.39 Å². The molecule has 0 heterocycles. The Morgan fingerprint density at radius 1 is 1.00 bits per heavy atom. The normalized spacial score (nSPS) is 12.5. The van der Waals surface area contributed by atoms with Gasteiger partial charge in [-0.05, 0) is 29.8 Å². The van der Waals surface area contributed by atoms with Gasteiger partial charge >= 0.3 is 0 Å². The van der Waals surface area contributed by atoms with Gasteiger partial charge in [-0.1, -0.05) is 50.1 Å². The molecule has 17 heavy (non-hydrogen) atoms. The lowest BCUT2D eigenvalue weighted by Crippen LogP contribution is -2.13. The largest absolute Gasteiger partial charge is 0.320 e. The highest BCUT2D eigenvalue weighted by Crippen LogP contribution is 2.27. The molecule has 0 amide bonds. The Labute approximate surface area is 116 Å². The Balaban J connectivity index is 2.43. The lowest BCUT2D eigenvalue weighted by molar-refractivity contribution is 0.599. The van der Waals surface area contributed by atoms with Crippen molar-refractivity contribution in [1.29, 1.82) is 0 Å². The molecule has 1 nitrogen and oxygen atoms in total. The van der Waals surface area contributed by atoms with Gasteiger partial charge in [0.05, 0.1) is 6.04 Å². The van der Waals surface area contributed by atoms with Gasteiger partial charge in [0.15, 0.2) is 0 Å². The van der Waals surface area contributed by atoms with Crippen molar-refractivity contribution in [3.8, 4) is 0 Å². The van der Waals surface area contributed by atoms with Crippen LogP contribution in [0, 0.1) is 5.82 Å². The molecule has 0 fully saturated rings. The molecule has 0 saturated carbocycles. The fourth-order valence-electron chi connectivity index (χ4n) is 1.66. The van der Waals surface area contributed by atoms with Gasteiger partial charge in [-0.25, -0.2) is 4.39 Å². The van der Waals surface area contributed by atoms with Gasteiger partial charge in [0, 0.05) is 14.5 Å². The van der Waals surface area contributed by atoms with E-state index in [2.05, 4.69) is 31.9 Å². The van der Waals surface area contributed by atoms with Crippen LogP contribution in [0.1, 0.15) is 17.2 Å². The molecule has 88 valence electrons. The molecule has 0 aliphatic rings. The van der Waals surface area contributed by atoms with Crippen molar-refractivity contribution in [3.05, 3.63) is 68.4 Å². The Bertz CT molecular complexity index is 522. The molecule has 2 rings (SSSR count). The Morgan fingerprint density at radius 2 is 1.59 bits per heavy atom. The highest BCUT2D eigenvalue weighted by Gasteiger charge is 2.13. The molecule has 0 saturated heterocycles. The highest BCUT2D eigenvalue weighted by atomic mass is 79.9. The second kappa shape index (κ2) is 5.29. The van der Waals surface area contributed by atoms with Crippen LogP contribution in [-0.4, -0.2) is 0 Å². The Hall–Kier alpha value is -0.710.